The molecule has 29 heavy (non-hydrogen) atoms. The predicted octanol–water partition coefficient (Wildman–Crippen LogP) is 2.58. The molecule has 5 rings (SSSR count). The van der Waals surface area contributed by atoms with Crippen LogP contribution in [0, 0.1) is 0 Å². The van der Waals surface area contributed by atoms with Crippen molar-refractivity contribution >= 4 is 11.9 Å². The molecule has 1 aliphatic carbocycles. The maximum Gasteiger partial charge on any atom is 0.240 e. The first-order valence-electron chi connectivity index (χ1n) is 11.0. The molecule has 3 fully saturated rings. The van der Waals surface area contributed by atoms with Crippen LogP contribution in [0.2, 0.25) is 0 Å². The van der Waals surface area contributed by atoms with E-state index in [1.54, 1.807) is 0 Å². The zero-order valence-corrected chi connectivity index (χ0v) is 16.9. The van der Waals surface area contributed by atoms with E-state index in [1.807, 2.05) is 30.6 Å². The summed E-state index contributed by atoms with van der Waals surface area (Å²) in [6, 6.07) is 6.07. The van der Waals surface area contributed by atoms with E-state index >= 15 is 0 Å². The van der Waals surface area contributed by atoms with E-state index in [9.17, 15) is 4.79 Å². The van der Waals surface area contributed by atoms with Gasteiger partial charge in [-0.05, 0) is 63.4 Å². The first-order valence-corrected chi connectivity index (χ1v) is 11.0. The molecule has 0 radical (unpaired) electrons. The molecule has 2 aliphatic heterocycles. The molecule has 1 amide bonds. The number of anilines is 1. The van der Waals surface area contributed by atoms with Gasteiger partial charge in [0, 0.05) is 31.5 Å². The highest BCUT2D eigenvalue weighted by atomic mass is 16.2. The monoisotopic (exact) mass is 394 g/mol. The summed E-state index contributed by atoms with van der Waals surface area (Å²) in [4.78, 5) is 30.4. The number of aromatic amines is 1. The fourth-order valence-corrected chi connectivity index (χ4v) is 5.31. The molecule has 2 aromatic heterocycles. The van der Waals surface area contributed by atoms with E-state index in [-0.39, 0.29) is 17.5 Å². The molecular weight excluding hydrogens is 364 g/mol. The fraction of sp³-hybridized carbons (Fsp3) is 0.591. The molecule has 0 spiro atoms. The van der Waals surface area contributed by atoms with Crippen LogP contribution in [-0.4, -0.2) is 63.5 Å². The number of hydrogen-bond acceptors (Lipinski definition) is 5. The summed E-state index contributed by atoms with van der Waals surface area (Å²) < 4.78 is 0. The Morgan fingerprint density at radius 1 is 1.14 bits per heavy atom. The van der Waals surface area contributed by atoms with Crippen LogP contribution in [0.1, 0.15) is 44.9 Å². The number of aromatic nitrogens is 3. The van der Waals surface area contributed by atoms with Gasteiger partial charge in [-0.25, -0.2) is 9.97 Å². The molecule has 2 saturated heterocycles. The molecule has 1 atom stereocenters. The third kappa shape index (κ3) is 3.52. The van der Waals surface area contributed by atoms with Gasteiger partial charge in [-0.3, -0.25) is 9.69 Å². The second-order valence-electron chi connectivity index (χ2n) is 8.66. The molecule has 3 aliphatic rings. The van der Waals surface area contributed by atoms with Gasteiger partial charge in [-0.2, -0.15) is 0 Å². The van der Waals surface area contributed by atoms with Crippen LogP contribution in [0.3, 0.4) is 0 Å². The van der Waals surface area contributed by atoms with E-state index in [0.717, 1.165) is 62.8 Å². The Hall–Kier alpha value is -2.41. The normalized spacial score (nSPS) is 24.3. The van der Waals surface area contributed by atoms with Crippen LogP contribution in [-0.2, 0) is 4.79 Å². The molecule has 1 unspecified atom stereocenters. The fourth-order valence-electron chi connectivity index (χ4n) is 5.31. The smallest absolute Gasteiger partial charge is 0.240 e. The van der Waals surface area contributed by atoms with Gasteiger partial charge < -0.3 is 15.2 Å². The minimum atomic E-state index is -0.256. The molecule has 7 nitrogen and oxygen atoms in total. The van der Waals surface area contributed by atoms with Crippen molar-refractivity contribution in [2.24, 2.45) is 0 Å². The minimum Gasteiger partial charge on any atom is -0.360 e. The lowest BCUT2D eigenvalue weighted by atomic mass is 9.93. The van der Waals surface area contributed by atoms with E-state index < -0.39 is 0 Å². The van der Waals surface area contributed by atoms with E-state index in [1.165, 1.54) is 25.7 Å². The van der Waals surface area contributed by atoms with E-state index in [0.29, 0.717) is 0 Å². The van der Waals surface area contributed by atoms with Gasteiger partial charge in [0.1, 0.15) is 5.54 Å². The number of rotatable bonds is 5. The molecule has 7 heteroatoms. The standard InChI is InChI=1S/C22H30N6O/c29-20(22(9-1-2-10-22)28-13-3-4-14-28)25-17-8-15-27(16-17)21-24-12-7-19(26-21)18-6-5-11-23-18/h5-7,11-12,17,23H,1-4,8-10,13-16H2,(H,25,29). The number of amides is 1. The summed E-state index contributed by atoms with van der Waals surface area (Å²) >= 11 is 0. The summed E-state index contributed by atoms with van der Waals surface area (Å²) in [5, 5.41) is 3.40. The van der Waals surface area contributed by atoms with E-state index in [2.05, 4.69) is 25.1 Å². The summed E-state index contributed by atoms with van der Waals surface area (Å²) in [5.74, 6) is 0.994. The third-order valence-corrected chi connectivity index (χ3v) is 6.89. The molecule has 0 aromatic carbocycles. The molecule has 0 bridgehead atoms. The molecule has 4 heterocycles. The van der Waals surface area contributed by atoms with Gasteiger partial charge >= 0.3 is 0 Å². The van der Waals surface area contributed by atoms with Crippen LogP contribution < -0.4 is 10.2 Å². The lowest BCUT2D eigenvalue weighted by Crippen LogP contribution is -2.58. The lowest BCUT2D eigenvalue weighted by Gasteiger charge is -2.38. The number of nitrogens with zero attached hydrogens (tertiary/aromatic N) is 4. The SMILES string of the molecule is O=C(NC1CCN(c2nccc(-c3ccc[nH]3)n2)C1)C1(N2CCCC2)CCCC1. The minimum absolute atomic E-state index is 0.167. The number of carbonyl (C=O) groups is 1. The average molecular weight is 395 g/mol. The highest BCUT2D eigenvalue weighted by Crippen LogP contribution is 2.38. The quantitative estimate of drug-likeness (QED) is 0.815. The van der Waals surface area contributed by atoms with Crippen molar-refractivity contribution in [3.8, 4) is 11.4 Å². The second-order valence-corrected chi connectivity index (χ2v) is 8.66. The van der Waals surface area contributed by atoms with Gasteiger partial charge in [0.15, 0.2) is 0 Å². The van der Waals surface area contributed by atoms with Crippen LogP contribution in [0.25, 0.3) is 11.4 Å². The maximum absolute atomic E-state index is 13.4. The first-order chi connectivity index (χ1) is 14.2. The number of hydrogen-bond donors (Lipinski definition) is 2. The summed E-state index contributed by atoms with van der Waals surface area (Å²) in [5.41, 5.74) is 1.63. The third-order valence-electron chi connectivity index (χ3n) is 6.89. The Balaban J connectivity index is 1.25. The zero-order chi connectivity index (χ0) is 19.7. The van der Waals surface area contributed by atoms with Crippen LogP contribution in [0.5, 0.6) is 0 Å². The van der Waals surface area contributed by atoms with Crippen molar-refractivity contribution in [1.29, 1.82) is 0 Å². The zero-order valence-electron chi connectivity index (χ0n) is 16.9. The van der Waals surface area contributed by atoms with Crippen molar-refractivity contribution in [3.05, 3.63) is 30.6 Å². The number of H-pyrrole nitrogens is 1. The first kappa shape index (κ1) is 18.6. The Morgan fingerprint density at radius 3 is 2.72 bits per heavy atom. The van der Waals surface area contributed by atoms with Gasteiger partial charge in [0.05, 0.1) is 11.4 Å². The number of nitrogens with one attached hydrogen (secondary N) is 2. The molecular formula is C22H30N6O. The summed E-state index contributed by atoms with van der Waals surface area (Å²) in [6.07, 6.45) is 11.5. The van der Waals surface area contributed by atoms with Gasteiger partial charge in [-0.15, -0.1) is 0 Å². The topological polar surface area (TPSA) is 77.1 Å². The van der Waals surface area contributed by atoms with Crippen molar-refractivity contribution in [2.75, 3.05) is 31.1 Å². The summed E-state index contributed by atoms with van der Waals surface area (Å²) in [7, 11) is 0. The van der Waals surface area contributed by atoms with Crippen molar-refractivity contribution in [2.45, 2.75) is 56.5 Å². The number of likely N-dealkylation sites (tertiary alicyclic amines) is 1. The second kappa shape index (κ2) is 7.78. The van der Waals surface area contributed by atoms with E-state index in [4.69, 9.17) is 4.98 Å². The van der Waals surface area contributed by atoms with Gasteiger partial charge in [0.25, 0.3) is 0 Å². The van der Waals surface area contributed by atoms with Crippen LogP contribution in [0.4, 0.5) is 5.95 Å². The van der Waals surface area contributed by atoms with Crippen LogP contribution in [0.15, 0.2) is 30.6 Å². The molecule has 154 valence electrons. The number of carbonyl (C=O) groups excluding carboxylic acids is 1. The summed E-state index contributed by atoms with van der Waals surface area (Å²) in [6.45, 7) is 3.79. The highest BCUT2D eigenvalue weighted by molar-refractivity contribution is 5.87. The predicted molar refractivity (Wildman–Crippen MR) is 113 cm³/mol. The Bertz CT molecular complexity index is 839. The maximum atomic E-state index is 13.4. The Morgan fingerprint density at radius 2 is 1.97 bits per heavy atom. The van der Waals surface area contributed by atoms with Crippen LogP contribution >= 0.6 is 0 Å². The Kier molecular flexibility index (Phi) is 4.99. The molecule has 2 N–H and O–H groups in total. The Labute approximate surface area is 171 Å². The molecule has 1 saturated carbocycles. The van der Waals surface area contributed by atoms with Crippen molar-refractivity contribution < 1.29 is 4.79 Å². The average Bonchev–Trinajstić information content (AvgIpc) is 3.56. The van der Waals surface area contributed by atoms with Crippen molar-refractivity contribution in [1.82, 2.24) is 25.2 Å². The molecule has 2 aromatic rings. The highest BCUT2D eigenvalue weighted by Gasteiger charge is 2.47. The largest absolute Gasteiger partial charge is 0.360 e. The van der Waals surface area contributed by atoms with Crippen molar-refractivity contribution in [3.63, 3.8) is 0 Å². The van der Waals surface area contributed by atoms with Gasteiger partial charge in [-0.1, -0.05) is 12.8 Å². The lowest BCUT2D eigenvalue weighted by molar-refractivity contribution is -0.133. The van der Waals surface area contributed by atoms with Gasteiger partial charge in [0.2, 0.25) is 11.9 Å².